The molecule has 3 aromatic carbocycles. The fraction of sp³-hybridized carbons (Fsp3) is 0.200. The third-order valence-electron chi connectivity index (χ3n) is 6.58. The molecule has 38 heavy (non-hydrogen) atoms. The maximum absolute atomic E-state index is 13.6. The van der Waals surface area contributed by atoms with Gasteiger partial charge in [-0.3, -0.25) is 4.79 Å². The summed E-state index contributed by atoms with van der Waals surface area (Å²) in [5.74, 6) is -0.384. The van der Waals surface area contributed by atoms with Gasteiger partial charge in [0.05, 0.1) is 22.7 Å². The quantitative estimate of drug-likeness (QED) is 0.249. The molecule has 0 aliphatic carbocycles. The molecule has 0 aliphatic heterocycles. The number of nitrogens with zero attached hydrogens (tertiary/aromatic N) is 4. The summed E-state index contributed by atoms with van der Waals surface area (Å²) in [4.78, 5) is 29.9. The van der Waals surface area contributed by atoms with Gasteiger partial charge in [0.15, 0.2) is 0 Å². The van der Waals surface area contributed by atoms with Gasteiger partial charge in [0, 0.05) is 38.6 Å². The molecule has 0 unspecified atom stereocenters. The van der Waals surface area contributed by atoms with Gasteiger partial charge in [0.1, 0.15) is 5.82 Å². The van der Waals surface area contributed by atoms with E-state index in [9.17, 15) is 14.7 Å². The summed E-state index contributed by atoms with van der Waals surface area (Å²) in [5.41, 5.74) is 3.95. The van der Waals surface area contributed by atoms with Crippen LogP contribution in [0.3, 0.4) is 0 Å². The zero-order valence-corrected chi connectivity index (χ0v) is 23.2. The molecule has 8 heteroatoms. The molecule has 2 heterocycles. The van der Waals surface area contributed by atoms with Crippen molar-refractivity contribution in [1.82, 2.24) is 14.2 Å². The lowest BCUT2D eigenvalue weighted by atomic mass is 9.95. The van der Waals surface area contributed by atoms with Crippen molar-refractivity contribution < 1.29 is 9.90 Å². The number of aromatic carboxylic acids is 1. The van der Waals surface area contributed by atoms with E-state index in [-0.39, 0.29) is 11.1 Å². The zero-order valence-electron chi connectivity index (χ0n) is 21.6. The van der Waals surface area contributed by atoms with E-state index in [0.717, 1.165) is 32.2 Å². The molecule has 5 rings (SSSR count). The summed E-state index contributed by atoms with van der Waals surface area (Å²) in [7, 11) is 0. The number of benzene rings is 3. The van der Waals surface area contributed by atoms with Crippen molar-refractivity contribution in [2.45, 2.75) is 39.7 Å². The summed E-state index contributed by atoms with van der Waals surface area (Å²) in [6, 6.07) is 20.4. The Bertz CT molecular complexity index is 1810. The Morgan fingerprint density at radius 2 is 1.82 bits per heavy atom. The molecule has 0 spiro atoms. The highest BCUT2D eigenvalue weighted by Crippen LogP contribution is 2.27. The lowest BCUT2D eigenvalue weighted by molar-refractivity contribution is 0.0696. The number of hydrogen-bond donors (Lipinski definition) is 1. The van der Waals surface area contributed by atoms with Crippen molar-refractivity contribution in [2.75, 3.05) is 0 Å². The predicted octanol–water partition coefficient (Wildman–Crippen LogP) is 6.35. The van der Waals surface area contributed by atoms with E-state index in [1.165, 1.54) is 4.68 Å². The Morgan fingerprint density at radius 3 is 2.55 bits per heavy atom. The molecular weight excluding hydrogens is 544 g/mol. The predicted molar refractivity (Wildman–Crippen MR) is 155 cm³/mol. The molecule has 192 valence electrons. The van der Waals surface area contributed by atoms with Crippen LogP contribution in [0.25, 0.3) is 21.8 Å². The van der Waals surface area contributed by atoms with Crippen LogP contribution in [0.5, 0.6) is 0 Å². The van der Waals surface area contributed by atoms with Gasteiger partial charge >= 0.3 is 5.97 Å². The fourth-order valence-electron chi connectivity index (χ4n) is 4.67. The van der Waals surface area contributed by atoms with E-state index >= 15 is 0 Å². The van der Waals surface area contributed by atoms with Crippen LogP contribution in [-0.4, -0.2) is 31.5 Å². The second kappa shape index (κ2) is 9.68. The highest BCUT2D eigenvalue weighted by Gasteiger charge is 2.23. The lowest BCUT2D eigenvalue weighted by Crippen LogP contribution is -2.29. The average Bonchev–Trinajstić information content (AvgIpc) is 3.14. The van der Waals surface area contributed by atoms with Gasteiger partial charge in [-0.05, 0) is 48.9 Å². The van der Waals surface area contributed by atoms with Crippen molar-refractivity contribution >= 4 is 49.9 Å². The molecule has 0 amide bonds. The topological polar surface area (TPSA) is 89.5 Å². The fourth-order valence-corrected chi connectivity index (χ4v) is 5.03. The molecule has 0 saturated heterocycles. The van der Waals surface area contributed by atoms with E-state index in [1.54, 1.807) is 30.5 Å². The van der Waals surface area contributed by atoms with Crippen LogP contribution in [-0.2, 0) is 12.0 Å². The SMILES string of the molecule is Cc1c(C=Nn2c(C(C)(C)C)nc3ccc(Br)cc3c2=O)c2ccccc2n1Cc1cccc(C(=O)O)c1. The van der Waals surface area contributed by atoms with Crippen LogP contribution in [0.4, 0.5) is 0 Å². The normalized spacial score (nSPS) is 12.1. The van der Waals surface area contributed by atoms with Gasteiger partial charge in [-0.1, -0.05) is 67.0 Å². The van der Waals surface area contributed by atoms with E-state index in [0.29, 0.717) is 23.3 Å². The van der Waals surface area contributed by atoms with E-state index in [1.807, 2.05) is 70.2 Å². The minimum absolute atomic E-state index is 0.232. The average molecular weight is 571 g/mol. The number of carboxylic acids is 1. The first-order chi connectivity index (χ1) is 18.0. The number of carboxylic acid groups (broad SMARTS) is 1. The largest absolute Gasteiger partial charge is 0.478 e. The molecule has 0 radical (unpaired) electrons. The summed E-state index contributed by atoms with van der Waals surface area (Å²) in [6.07, 6.45) is 1.73. The van der Waals surface area contributed by atoms with Crippen molar-refractivity contribution in [2.24, 2.45) is 5.10 Å². The van der Waals surface area contributed by atoms with Crippen LogP contribution >= 0.6 is 15.9 Å². The van der Waals surface area contributed by atoms with E-state index in [4.69, 9.17) is 10.1 Å². The number of hydrogen-bond acceptors (Lipinski definition) is 4. The maximum Gasteiger partial charge on any atom is 0.335 e. The van der Waals surface area contributed by atoms with Gasteiger partial charge in [0.25, 0.3) is 5.56 Å². The van der Waals surface area contributed by atoms with Gasteiger partial charge in [-0.2, -0.15) is 9.78 Å². The summed E-state index contributed by atoms with van der Waals surface area (Å²) < 4.78 is 4.34. The second-order valence-electron chi connectivity index (χ2n) is 10.3. The number of fused-ring (bicyclic) bond motifs is 2. The Labute approximate surface area is 228 Å². The van der Waals surface area contributed by atoms with Crippen LogP contribution in [0.1, 0.15) is 53.8 Å². The van der Waals surface area contributed by atoms with Gasteiger partial charge < -0.3 is 9.67 Å². The lowest BCUT2D eigenvalue weighted by Gasteiger charge is -2.20. The minimum atomic E-state index is -0.954. The smallest absolute Gasteiger partial charge is 0.335 e. The molecule has 0 saturated carbocycles. The Hall–Kier alpha value is -4.04. The summed E-state index contributed by atoms with van der Waals surface area (Å²) in [5, 5.41) is 15.6. The molecule has 7 nitrogen and oxygen atoms in total. The van der Waals surface area contributed by atoms with E-state index in [2.05, 4.69) is 20.5 Å². The Balaban J connectivity index is 1.66. The minimum Gasteiger partial charge on any atom is -0.478 e. The number of carbonyl (C=O) groups is 1. The molecular formula is C30H27BrN4O3. The monoisotopic (exact) mass is 570 g/mol. The zero-order chi connectivity index (χ0) is 27.2. The molecule has 0 bridgehead atoms. The van der Waals surface area contributed by atoms with Crippen LogP contribution in [0.15, 0.2) is 81.1 Å². The Kier molecular flexibility index (Phi) is 6.53. The summed E-state index contributed by atoms with van der Waals surface area (Å²) in [6.45, 7) is 8.53. The first-order valence-electron chi connectivity index (χ1n) is 12.2. The van der Waals surface area contributed by atoms with Crippen molar-refractivity contribution in [1.29, 1.82) is 0 Å². The van der Waals surface area contributed by atoms with Crippen LogP contribution in [0.2, 0.25) is 0 Å². The highest BCUT2D eigenvalue weighted by atomic mass is 79.9. The standard InChI is InChI=1S/C30H27BrN4O3/c1-18-24(16-32-35-27(36)23-15-21(31)12-13-25(23)33-29(35)30(2,3)4)22-10-5-6-11-26(22)34(18)17-19-8-7-9-20(14-19)28(37)38/h5-16H,17H2,1-4H3,(H,37,38). The second-order valence-corrected chi connectivity index (χ2v) is 11.2. The maximum atomic E-state index is 13.6. The van der Waals surface area contributed by atoms with Crippen LogP contribution in [0, 0.1) is 6.92 Å². The first-order valence-corrected chi connectivity index (χ1v) is 13.0. The van der Waals surface area contributed by atoms with Crippen LogP contribution < -0.4 is 5.56 Å². The molecule has 0 atom stereocenters. The number of para-hydroxylation sites is 1. The number of halogens is 1. The van der Waals surface area contributed by atoms with Crippen molar-refractivity contribution in [3.05, 3.63) is 110 Å². The van der Waals surface area contributed by atoms with Gasteiger partial charge in [0.2, 0.25) is 0 Å². The van der Waals surface area contributed by atoms with Gasteiger partial charge in [-0.25, -0.2) is 9.78 Å². The summed E-state index contributed by atoms with van der Waals surface area (Å²) >= 11 is 3.45. The molecule has 5 aromatic rings. The first kappa shape index (κ1) is 25.6. The Morgan fingerprint density at radius 1 is 1.05 bits per heavy atom. The molecule has 0 fully saturated rings. The van der Waals surface area contributed by atoms with Crippen molar-refractivity contribution in [3.63, 3.8) is 0 Å². The van der Waals surface area contributed by atoms with Gasteiger partial charge in [-0.15, -0.1) is 0 Å². The third kappa shape index (κ3) is 4.67. The molecule has 2 aromatic heterocycles. The third-order valence-corrected chi connectivity index (χ3v) is 7.07. The van der Waals surface area contributed by atoms with Crippen molar-refractivity contribution in [3.8, 4) is 0 Å². The number of rotatable bonds is 5. The number of aromatic nitrogens is 3. The van der Waals surface area contributed by atoms with E-state index < -0.39 is 11.4 Å². The molecule has 0 aliphatic rings. The highest BCUT2D eigenvalue weighted by molar-refractivity contribution is 9.10. The molecule has 1 N–H and O–H groups in total.